The van der Waals surface area contributed by atoms with E-state index in [0.29, 0.717) is 5.92 Å². The zero-order valence-electron chi connectivity index (χ0n) is 22.0. The SMILES string of the molecule is CC(C)=CCC[C@@H](C(=O)O)[C@H]1CC[C@@]2(C)C3=CC[C@H]4C(C)(C)CCC(O)[C@]4(C)C3=CC[C@]12C. The van der Waals surface area contributed by atoms with Crippen LogP contribution in [-0.2, 0) is 4.79 Å². The number of rotatable bonds is 5. The van der Waals surface area contributed by atoms with Crippen molar-refractivity contribution in [3.05, 3.63) is 34.9 Å². The highest BCUT2D eigenvalue weighted by Gasteiger charge is 2.64. The zero-order valence-corrected chi connectivity index (χ0v) is 22.0. The van der Waals surface area contributed by atoms with Crippen LogP contribution in [0.3, 0.4) is 0 Å². The van der Waals surface area contributed by atoms with Crippen molar-refractivity contribution >= 4 is 5.97 Å². The summed E-state index contributed by atoms with van der Waals surface area (Å²) in [5.74, 6) is -0.294. The van der Waals surface area contributed by atoms with Gasteiger partial charge in [0, 0.05) is 5.41 Å². The minimum atomic E-state index is -0.628. The summed E-state index contributed by atoms with van der Waals surface area (Å²) in [5, 5.41) is 21.6. The molecule has 4 aliphatic carbocycles. The zero-order chi connectivity index (χ0) is 24.4. The molecule has 0 radical (unpaired) electrons. The van der Waals surface area contributed by atoms with Crippen LogP contribution in [-0.4, -0.2) is 22.3 Å². The molecule has 0 bridgehead atoms. The van der Waals surface area contributed by atoms with Gasteiger partial charge in [-0.1, -0.05) is 58.4 Å². The Morgan fingerprint density at radius 2 is 1.79 bits per heavy atom. The van der Waals surface area contributed by atoms with Crippen molar-refractivity contribution in [2.45, 2.75) is 106 Å². The quantitative estimate of drug-likeness (QED) is 0.428. The van der Waals surface area contributed by atoms with E-state index in [2.05, 4.69) is 66.7 Å². The van der Waals surface area contributed by atoms with Gasteiger partial charge in [-0.05, 0) is 104 Å². The van der Waals surface area contributed by atoms with Crippen molar-refractivity contribution in [1.29, 1.82) is 0 Å². The van der Waals surface area contributed by atoms with Gasteiger partial charge in [-0.25, -0.2) is 0 Å². The van der Waals surface area contributed by atoms with Crippen LogP contribution in [0.15, 0.2) is 34.9 Å². The number of aliphatic carboxylic acids is 1. The Balaban J connectivity index is 1.72. The molecule has 2 N–H and O–H groups in total. The number of aliphatic hydroxyl groups excluding tert-OH is 1. The fraction of sp³-hybridized carbons (Fsp3) is 0.767. The number of hydrogen-bond donors (Lipinski definition) is 2. The Morgan fingerprint density at radius 1 is 1.09 bits per heavy atom. The summed E-state index contributed by atoms with van der Waals surface area (Å²) in [7, 11) is 0. The van der Waals surface area contributed by atoms with E-state index in [4.69, 9.17) is 0 Å². The summed E-state index contributed by atoms with van der Waals surface area (Å²) in [4.78, 5) is 12.4. The van der Waals surface area contributed by atoms with Gasteiger partial charge in [-0.2, -0.15) is 0 Å². The summed E-state index contributed by atoms with van der Waals surface area (Å²) in [6, 6.07) is 0. The first-order chi connectivity index (χ1) is 15.3. The summed E-state index contributed by atoms with van der Waals surface area (Å²) < 4.78 is 0. The van der Waals surface area contributed by atoms with Crippen molar-refractivity contribution in [3.63, 3.8) is 0 Å². The predicted molar refractivity (Wildman–Crippen MR) is 135 cm³/mol. The topological polar surface area (TPSA) is 57.5 Å². The van der Waals surface area contributed by atoms with E-state index in [-0.39, 0.29) is 39.6 Å². The molecule has 0 aromatic heterocycles. The second-order valence-electron chi connectivity index (χ2n) is 13.3. The van der Waals surface area contributed by atoms with Gasteiger partial charge in [0.2, 0.25) is 0 Å². The van der Waals surface area contributed by atoms with Crippen molar-refractivity contribution in [2.24, 2.45) is 39.4 Å². The van der Waals surface area contributed by atoms with E-state index in [1.165, 1.54) is 16.7 Å². The molecule has 33 heavy (non-hydrogen) atoms. The van der Waals surface area contributed by atoms with Crippen LogP contribution in [0.2, 0.25) is 0 Å². The van der Waals surface area contributed by atoms with E-state index >= 15 is 0 Å². The lowest BCUT2D eigenvalue weighted by Gasteiger charge is -2.61. The Labute approximate surface area is 201 Å². The van der Waals surface area contributed by atoms with Gasteiger partial charge < -0.3 is 10.2 Å². The molecular formula is C30H46O3. The molecule has 0 heterocycles. The van der Waals surface area contributed by atoms with Crippen molar-refractivity contribution < 1.29 is 15.0 Å². The highest BCUT2D eigenvalue weighted by molar-refractivity contribution is 5.71. The molecule has 0 aromatic rings. The number of allylic oxidation sites excluding steroid dienone is 5. The van der Waals surface area contributed by atoms with Crippen molar-refractivity contribution in [3.8, 4) is 0 Å². The molecular weight excluding hydrogens is 408 g/mol. The third-order valence-electron chi connectivity index (χ3n) is 11.0. The van der Waals surface area contributed by atoms with Crippen LogP contribution in [0, 0.1) is 39.4 Å². The number of carbonyl (C=O) groups is 1. The van der Waals surface area contributed by atoms with Crippen LogP contribution < -0.4 is 0 Å². The smallest absolute Gasteiger partial charge is 0.306 e. The fourth-order valence-electron chi connectivity index (χ4n) is 8.73. The number of carboxylic acid groups (broad SMARTS) is 1. The van der Waals surface area contributed by atoms with Gasteiger partial charge in [-0.3, -0.25) is 4.79 Å². The van der Waals surface area contributed by atoms with E-state index in [1.807, 2.05) is 0 Å². The number of hydrogen-bond acceptors (Lipinski definition) is 2. The summed E-state index contributed by atoms with van der Waals surface area (Å²) in [5.41, 5.74) is 4.00. The molecule has 3 heteroatoms. The molecule has 4 aliphatic rings. The van der Waals surface area contributed by atoms with E-state index in [0.717, 1.165) is 51.4 Å². The van der Waals surface area contributed by atoms with Gasteiger partial charge in [0.1, 0.15) is 0 Å². The number of fused-ring (bicyclic) bond motifs is 5. The maximum Gasteiger partial charge on any atom is 0.306 e. The molecule has 3 nitrogen and oxygen atoms in total. The predicted octanol–water partition coefficient (Wildman–Crippen LogP) is 7.32. The molecule has 7 atom stereocenters. The molecule has 2 saturated carbocycles. The van der Waals surface area contributed by atoms with E-state index < -0.39 is 5.97 Å². The lowest BCUT2D eigenvalue weighted by Crippen LogP contribution is -2.56. The van der Waals surface area contributed by atoms with Crippen molar-refractivity contribution in [2.75, 3.05) is 0 Å². The van der Waals surface area contributed by atoms with Crippen LogP contribution in [0.1, 0.15) is 99.8 Å². The molecule has 0 amide bonds. The fourth-order valence-corrected chi connectivity index (χ4v) is 8.73. The second-order valence-corrected chi connectivity index (χ2v) is 13.3. The molecule has 2 fully saturated rings. The van der Waals surface area contributed by atoms with Crippen LogP contribution in [0.25, 0.3) is 0 Å². The number of aliphatic hydroxyl groups is 1. The Bertz CT molecular complexity index is 904. The molecule has 0 saturated heterocycles. The first-order valence-corrected chi connectivity index (χ1v) is 13.2. The average Bonchev–Trinajstić information content (AvgIpc) is 3.00. The molecule has 0 spiro atoms. The summed E-state index contributed by atoms with van der Waals surface area (Å²) >= 11 is 0. The van der Waals surface area contributed by atoms with Crippen LogP contribution in [0.4, 0.5) is 0 Å². The third kappa shape index (κ3) is 3.51. The van der Waals surface area contributed by atoms with Gasteiger partial charge in [0.05, 0.1) is 12.0 Å². The number of carboxylic acids is 1. The maximum absolute atomic E-state index is 12.4. The van der Waals surface area contributed by atoms with Gasteiger partial charge in [-0.15, -0.1) is 0 Å². The average molecular weight is 455 g/mol. The summed E-state index contributed by atoms with van der Waals surface area (Å²) in [6.45, 7) is 16.0. The molecule has 4 rings (SSSR count). The Hall–Kier alpha value is -1.35. The Morgan fingerprint density at radius 3 is 2.42 bits per heavy atom. The first kappa shape index (κ1) is 24.8. The van der Waals surface area contributed by atoms with Gasteiger partial charge in [0.25, 0.3) is 0 Å². The minimum absolute atomic E-state index is 0.0265. The van der Waals surface area contributed by atoms with Gasteiger partial charge >= 0.3 is 5.97 Å². The normalized spacial score (nSPS) is 42.2. The lowest BCUT2D eigenvalue weighted by atomic mass is 9.44. The molecule has 0 aliphatic heterocycles. The van der Waals surface area contributed by atoms with Crippen LogP contribution in [0.5, 0.6) is 0 Å². The second kappa shape index (κ2) is 8.11. The minimum Gasteiger partial charge on any atom is -0.481 e. The molecule has 184 valence electrons. The van der Waals surface area contributed by atoms with Crippen LogP contribution >= 0.6 is 0 Å². The molecule has 1 unspecified atom stereocenters. The Kier molecular flexibility index (Phi) is 6.08. The maximum atomic E-state index is 12.4. The first-order valence-electron chi connectivity index (χ1n) is 13.2. The van der Waals surface area contributed by atoms with Crippen molar-refractivity contribution in [1.82, 2.24) is 0 Å². The molecule has 0 aromatic carbocycles. The highest BCUT2D eigenvalue weighted by Crippen LogP contribution is 2.71. The third-order valence-corrected chi connectivity index (χ3v) is 11.0. The lowest BCUT2D eigenvalue weighted by molar-refractivity contribution is -0.146. The summed E-state index contributed by atoms with van der Waals surface area (Å²) in [6.07, 6.45) is 14.3. The van der Waals surface area contributed by atoms with E-state index in [9.17, 15) is 15.0 Å². The van der Waals surface area contributed by atoms with E-state index in [1.54, 1.807) is 0 Å². The van der Waals surface area contributed by atoms with Gasteiger partial charge in [0.15, 0.2) is 0 Å². The monoisotopic (exact) mass is 454 g/mol. The largest absolute Gasteiger partial charge is 0.481 e. The standard InChI is InChI=1S/C30H46O3/c1-19(2)9-8-10-20(26(32)33)21-13-17-29(6)22-11-12-24-27(3,4)16-15-25(31)30(24,7)23(22)14-18-28(21,29)5/h9,11,14,20-21,24-25,31H,8,10,12-13,15-18H2,1-7H3,(H,32,33)/t20-,21-,24+,25?,28-,29+,30-/m1/s1. The highest BCUT2D eigenvalue weighted by atomic mass is 16.4.